The van der Waals surface area contributed by atoms with E-state index >= 15 is 0 Å². The van der Waals surface area contributed by atoms with Gasteiger partial charge >= 0.3 is 0 Å². The molecule has 0 radical (unpaired) electrons. The SMILES string of the molecule is CNC(CCCN)c1ccc(OC)c(C)c1. The van der Waals surface area contributed by atoms with Gasteiger partial charge < -0.3 is 15.8 Å². The summed E-state index contributed by atoms with van der Waals surface area (Å²) in [4.78, 5) is 0. The number of aryl methyl sites for hydroxylation is 1. The average Bonchev–Trinajstić information content (AvgIpc) is 2.30. The molecule has 3 heteroatoms. The average molecular weight is 222 g/mol. The zero-order valence-corrected chi connectivity index (χ0v) is 10.4. The van der Waals surface area contributed by atoms with Crippen LogP contribution >= 0.6 is 0 Å². The molecule has 0 aromatic heterocycles. The summed E-state index contributed by atoms with van der Waals surface area (Å²) in [6.45, 7) is 2.81. The van der Waals surface area contributed by atoms with E-state index in [2.05, 4.69) is 24.4 Å². The molecule has 0 saturated carbocycles. The van der Waals surface area contributed by atoms with Crippen LogP contribution in [0.5, 0.6) is 5.75 Å². The van der Waals surface area contributed by atoms with Crippen LogP contribution in [0.3, 0.4) is 0 Å². The molecule has 1 atom stereocenters. The standard InChI is InChI=1S/C13H22N2O/c1-10-9-11(6-7-13(10)16-3)12(15-2)5-4-8-14/h6-7,9,12,15H,4-5,8,14H2,1-3H3. The highest BCUT2D eigenvalue weighted by Gasteiger charge is 2.09. The van der Waals surface area contributed by atoms with Crippen molar-refractivity contribution in [1.82, 2.24) is 5.32 Å². The topological polar surface area (TPSA) is 47.3 Å². The van der Waals surface area contributed by atoms with Crippen molar-refractivity contribution in [2.45, 2.75) is 25.8 Å². The normalized spacial score (nSPS) is 12.5. The number of rotatable bonds is 6. The molecule has 1 aromatic carbocycles. The number of nitrogens with one attached hydrogen (secondary N) is 1. The summed E-state index contributed by atoms with van der Waals surface area (Å²) in [5, 5.41) is 3.32. The number of nitrogens with two attached hydrogens (primary N) is 1. The van der Waals surface area contributed by atoms with Crippen LogP contribution in [0.2, 0.25) is 0 Å². The highest BCUT2D eigenvalue weighted by molar-refractivity contribution is 5.37. The number of methoxy groups -OCH3 is 1. The Labute approximate surface area is 98.0 Å². The molecular formula is C13H22N2O. The summed E-state index contributed by atoms with van der Waals surface area (Å²) in [6.07, 6.45) is 2.11. The summed E-state index contributed by atoms with van der Waals surface area (Å²) in [5.74, 6) is 0.942. The zero-order valence-electron chi connectivity index (χ0n) is 10.4. The van der Waals surface area contributed by atoms with E-state index in [1.54, 1.807) is 7.11 Å². The lowest BCUT2D eigenvalue weighted by Gasteiger charge is -2.17. The van der Waals surface area contributed by atoms with Crippen molar-refractivity contribution in [2.24, 2.45) is 5.73 Å². The Hall–Kier alpha value is -1.06. The van der Waals surface area contributed by atoms with Crippen LogP contribution < -0.4 is 15.8 Å². The van der Waals surface area contributed by atoms with Crippen LogP contribution in [0.4, 0.5) is 0 Å². The Morgan fingerprint density at radius 1 is 1.44 bits per heavy atom. The summed E-state index contributed by atoms with van der Waals surface area (Å²) in [5.41, 5.74) is 8.01. The molecular weight excluding hydrogens is 200 g/mol. The van der Waals surface area contributed by atoms with Gasteiger partial charge in [-0.3, -0.25) is 0 Å². The number of benzene rings is 1. The molecule has 16 heavy (non-hydrogen) atoms. The van der Waals surface area contributed by atoms with E-state index in [-0.39, 0.29) is 0 Å². The fraction of sp³-hybridized carbons (Fsp3) is 0.538. The maximum Gasteiger partial charge on any atom is 0.121 e. The van der Waals surface area contributed by atoms with Crippen molar-refractivity contribution in [1.29, 1.82) is 0 Å². The Kier molecular flexibility index (Phi) is 5.29. The lowest BCUT2D eigenvalue weighted by molar-refractivity contribution is 0.411. The monoisotopic (exact) mass is 222 g/mol. The van der Waals surface area contributed by atoms with Crippen molar-refractivity contribution in [3.8, 4) is 5.75 Å². The molecule has 0 fully saturated rings. The fourth-order valence-corrected chi connectivity index (χ4v) is 1.92. The third kappa shape index (κ3) is 3.22. The second kappa shape index (κ2) is 6.51. The van der Waals surface area contributed by atoms with Crippen LogP contribution in [0.25, 0.3) is 0 Å². The van der Waals surface area contributed by atoms with Gasteiger partial charge in [-0.25, -0.2) is 0 Å². The van der Waals surface area contributed by atoms with Gasteiger partial charge in [-0.15, -0.1) is 0 Å². The first-order valence-electron chi connectivity index (χ1n) is 5.74. The Morgan fingerprint density at radius 3 is 2.69 bits per heavy atom. The predicted octanol–water partition coefficient (Wildman–Crippen LogP) is 2.00. The maximum atomic E-state index is 5.54. The smallest absolute Gasteiger partial charge is 0.121 e. The van der Waals surface area contributed by atoms with Crippen molar-refractivity contribution in [2.75, 3.05) is 20.7 Å². The second-order valence-corrected chi connectivity index (χ2v) is 4.00. The highest BCUT2D eigenvalue weighted by Crippen LogP contribution is 2.24. The summed E-state index contributed by atoms with van der Waals surface area (Å²) in [7, 11) is 3.69. The summed E-state index contributed by atoms with van der Waals surface area (Å²) in [6, 6.07) is 6.70. The third-order valence-electron chi connectivity index (χ3n) is 2.87. The molecule has 1 aromatic rings. The van der Waals surface area contributed by atoms with E-state index in [0.717, 1.165) is 25.1 Å². The number of ether oxygens (including phenoxy) is 1. The Morgan fingerprint density at radius 2 is 2.19 bits per heavy atom. The first-order chi connectivity index (χ1) is 7.72. The third-order valence-corrected chi connectivity index (χ3v) is 2.87. The minimum absolute atomic E-state index is 0.383. The molecule has 1 rings (SSSR count). The molecule has 1 unspecified atom stereocenters. The molecule has 0 saturated heterocycles. The van der Waals surface area contributed by atoms with Crippen LogP contribution in [0.1, 0.15) is 30.0 Å². The number of hydrogen-bond acceptors (Lipinski definition) is 3. The molecule has 0 bridgehead atoms. The first kappa shape index (κ1) is 13.0. The molecule has 0 aliphatic heterocycles. The minimum Gasteiger partial charge on any atom is -0.496 e. The largest absolute Gasteiger partial charge is 0.496 e. The quantitative estimate of drug-likeness (QED) is 0.774. The van der Waals surface area contributed by atoms with Gasteiger partial charge in [0.2, 0.25) is 0 Å². The van der Waals surface area contributed by atoms with Gasteiger partial charge in [-0.2, -0.15) is 0 Å². The molecule has 3 N–H and O–H groups in total. The highest BCUT2D eigenvalue weighted by atomic mass is 16.5. The Bertz CT molecular complexity index is 326. The molecule has 3 nitrogen and oxygen atoms in total. The van der Waals surface area contributed by atoms with Gasteiger partial charge in [0.25, 0.3) is 0 Å². The van der Waals surface area contributed by atoms with Crippen molar-refractivity contribution in [3.63, 3.8) is 0 Å². The van der Waals surface area contributed by atoms with Gasteiger partial charge in [0.05, 0.1) is 7.11 Å². The first-order valence-corrected chi connectivity index (χ1v) is 5.74. The molecule has 90 valence electrons. The number of hydrogen-bond donors (Lipinski definition) is 2. The van der Waals surface area contributed by atoms with E-state index in [0.29, 0.717) is 6.04 Å². The van der Waals surface area contributed by atoms with E-state index in [1.807, 2.05) is 13.1 Å². The molecule has 0 aliphatic rings. The minimum atomic E-state index is 0.383. The van der Waals surface area contributed by atoms with Gasteiger partial charge in [-0.05, 0) is 50.6 Å². The van der Waals surface area contributed by atoms with E-state index in [1.165, 1.54) is 11.1 Å². The van der Waals surface area contributed by atoms with E-state index in [9.17, 15) is 0 Å². The van der Waals surface area contributed by atoms with Crippen LogP contribution in [0.15, 0.2) is 18.2 Å². The maximum absolute atomic E-state index is 5.54. The molecule has 0 heterocycles. The van der Waals surface area contributed by atoms with Crippen LogP contribution in [-0.2, 0) is 0 Å². The van der Waals surface area contributed by atoms with Gasteiger partial charge in [0, 0.05) is 6.04 Å². The van der Waals surface area contributed by atoms with Crippen LogP contribution in [0, 0.1) is 6.92 Å². The summed E-state index contributed by atoms with van der Waals surface area (Å²) < 4.78 is 5.25. The van der Waals surface area contributed by atoms with Crippen LogP contribution in [-0.4, -0.2) is 20.7 Å². The van der Waals surface area contributed by atoms with Gasteiger partial charge in [0.1, 0.15) is 5.75 Å². The fourth-order valence-electron chi connectivity index (χ4n) is 1.92. The molecule has 0 spiro atoms. The zero-order chi connectivity index (χ0) is 12.0. The molecule has 0 aliphatic carbocycles. The van der Waals surface area contributed by atoms with E-state index < -0.39 is 0 Å². The Balaban J connectivity index is 2.80. The summed E-state index contributed by atoms with van der Waals surface area (Å²) >= 11 is 0. The van der Waals surface area contributed by atoms with Crippen molar-refractivity contribution in [3.05, 3.63) is 29.3 Å². The van der Waals surface area contributed by atoms with Crippen molar-refractivity contribution < 1.29 is 4.74 Å². The lowest BCUT2D eigenvalue weighted by Crippen LogP contribution is -2.17. The second-order valence-electron chi connectivity index (χ2n) is 4.00. The van der Waals surface area contributed by atoms with Gasteiger partial charge in [-0.1, -0.05) is 12.1 Å². The van der Waals surface area contributed by atoms with E-state index in [4.69, 9.17) is 10.5 Å². The predicted molar refractivity (Wildman–Crippen MR) is 67.8 cm³/mol. The lowest BCUT2D eigenvalue weighted by atomic mass is 10.00. The molecule has 0 amide bonds. The van der Waals surface area contributed by atoms with Crippen molar-refractivity contribution >= 4 is 0 Å². The van der Waals surface area contributed by atoms with Gasteiger partial charge in [0.15, 0.2) is 0 Å².